The van der Waals surface area contributed by atoms with E-state index in [0.29, 0.717) is 0 Å². The van der Waals surface area contributed by atoms with Crippen LogP contribution in [0.3, 0.4) is 0 Å². The van der Waals surface area contributed by atoms with Gasteiger partial charge < -0.3 is 0 Å². The maximum Gasteiger partial charge on any atom is -0.0230 e. The third-order valence-electron chi connectivity index (χ3n) is 3.38. The molecule has 60 valence electrons. The summed E-state index contributed by atoms with van der Waals surface area (Å²) in [7, 11) is 0. The summed E-state index contributed by atoms with van der Waals surface area (Å²) in [5, 5.41) is 0. The lowest BCUT2D eigenvalue weighted by Gasteiger charge is -2.22. The summed E-state index contributed by atoms with van der Waals surface area (Å²) in [4.78, 5) is 0. The zero-order valence-electron chi connectivity index (χ0n) is 7.22. The second kappa shape index (κ2) is 2.51. The molecule has 0 nitrogen and oxygen atoms in total. The van der Waals surface area contributed by atoms with Crippen LogP contribution in [-0.4, -0.2) is 0 Å². The Hall–Kier alpha value is -0.520. The van der Waals surface area contributed by atoms with Crippen molar-refractivity contribution in [1.82, 2.24) is 0 Å². The molecule has 0 heterocycles. The first-order valence-corrected chi connectivity index (χ1v) is 4.61. The van der Waals surface area contributed by atoms with Crippen LogP contribution in [0.25, 0.3) is 0 Å². The second-order valence-corrected chi connectivity index (χ2v) is 4.03. The summed E-state index contributed by atoms with van der Waals surface area (Å²) in [6.07, 6.45) is 8.65. The molecule has 0 aromatic carbocycles. The van der Waals surface area contributed by atoms with Crippen molar-refractivity contribution in [1.29, 1.82) is 0 Å². The molecule has 3 unspecified atom stereocenters. The Bertz CT molecular complexity index is 200. The summed E-state index contributed by atoms with van der Waals surface area (Å²) in [5.74, 6) is 2.62. The first-order valence-electron chi connectivity index (χ1n) is 4.61. The van der Waals surface area contributed by atoms with E-state index in [2.05, 4.69) is 25.7 Å². The summed E-state index contributed by atoms with van der Waals surface area (Å²) in [5.41, 5.74) is 1.72. The van der Waals surface area contributed by atoms with Crippen LogP contribution in [0, 0.1) is 17.8 Å². The highest BCUT2D eigenvalue weighted by molar-refractivity contribution is 5.19. The van der Waals surface area contributed by atoms with E-state index in [0.717, 1.165) is 17.8 Å². The van der Waals surface area contributed by atoms with E-state index < -0.39 is 0 Å². The molecule has 2 bridgehead atoms. The SMILES string of the molecule is C=CC(C)C1CC2=CCC1C2. The van der Waals surface area contributed by atoms with Crippen LogP contribution in [0.15, 0.2) is 24.3 Å². The van der Waals surface area contributed by atoms with Crippen molar-refractivity contribution in [3.05, 3.63) is 24.3 Å². The smallest absolute Gasteiger partial charge is 0.0230 e. The van der Waals surface area contributed by atoms with Crippen LogP contribution in [-0.2, 0) is 0 Å². The third-order valence-corrected chi connectivity index (χ3v) is 3.38. The average Bonchev–Trinajstić information content (AvgIpc) is 2.62. The van der Waals surface area contributed by atoms with E-state index in [1.807, 2.05) is 0 Å². The molecule has 1 fully saturated rings. The number of hydrogen-bond donors (Lipinski definition) is 0. The Morgan fingerprint density at radius 2 is 2.45 bits per heavy atom. The van der Waals surface area contributed by atoms with Gasteiger partial charge in [-0.3, -0.25) is 0 Å². The van der Waals surface area contributed by atoms with Gasteiger partial charge in [0.05, 0.1) is 0 Å². The van der Waals surface area contributed by atoms with Gasteiger partial charge >= 0.3 is 0 Å². The molecule has 2 rings (SSSR count). The van der Waals surface area contributed by atoms with Gasteiger partial charge in [0, 0.05) is 0 Å². The fourth-order valence-corrected chi connectivity index (χ4v) is 2.57. The fraction of sp³-hybridized carbons (Fsp3) is 0.636. The van der Waals surface area contributed by atoms with Crippen molar-refractivity contribution in [2.75, 3.05) is 0 Å². The maximum absolute atomic E-state index is 3.87. The summed E-state index contributed by atoms with van der Waals surface area (Å²) >= 11 is 0. The average molecular weight is 148 g/mol. The molecule has 11 heavy (non-hydrogen) atoms. The highest BCUT2D eigenvalue weighted by Gasteiger charge is 2.35. The normalized spacial score (nSPS) is 37.0. The van der Waals surface area contributed by atoms with Crippen molar-refractivity contribution in [2.45, 2.75) is 26.2 Å². The van der Waals surface area contributed by atoms with Crippen LogP contribution in [0.1, 0.15) is 26.2 Å². The molecule has 0 heteroatoms. The minimum Gasteiger partial charge on any atom is -0.103 e. The predicted octanol–water partition coefficient (Wildman–Crippen LogP) is 3.16. The standard InChI is InChI=1S/C11H16/c1-3-8(2)11-7-9-4-5-10(11)6-9/h3-4,8,10-11H,1,5-7H2,2H3. The quantitative estimate of drug-likeness (QED) is 0.528. The lowest BCUT2D eigenvalue weighted by atomic mass is 9.82. The summed E-state index contributed by atoms with van der Waals surface area (Å²) in [6.45, 7) is 6.17. The molecule has 0 N–H and O–H groups in total. The molecule has 0 amide bonds. The molecular weight excluding hydrogens is 132 g/mol. The topological polar surface area (TPSA) is 0 Å². The zero-order valence-corrected chi connectivity index (χ0v) is 7.22. The molecule has 0 spiro atoms. The molecule has 0 aromatic rings. The second-order valence-electron chi connectivity index (χ2n) is 4.03. The van der Waals surface area contributed by atoms with Crippen molar-refractivity contribution >= 4 is 0 Å². The first-order chi connectivity index (χ1) is 5.31. The first kappa shape index (κ1) is 7.15. The van der Waals surface area contributed by atoms with Crippen LogP contribution >= 0.6 is 0 Å². The monoisotopic (exact) mass is 148 g/mol. The van der Waals surface area contributed by atoms with Gasteiger partial charge in [-0.25, -0.2) is 0 Å². The molecule has 0 aromatic heterocycles. The number of fused-ring (bicyclic) bond motifs is 2. The van der Waals surface area contributed by atoms with Gasteiger partial charge in [-0.1, -0.05) is 24.6 Å². The molecule has 0 radical (unpaired) electrons. The lowest BCUT2D eigenvalue weighted by molar-refractivity contribution is 0.320. The largest absolute Gasteiger partial charge is 0.103 e. The third kappa shape index (κ3) is 1.05. The highest BCUT2D eigenvalue weighted by atomic mass is 14.4. The van der Waals surface area contributed by atoms with Crippen molar-refractivity contribution in [3.63, 3.8) is 0 Å². The van der Waals surface area contributed by atoms with Gasteiger partial charge in [-0.2, -0.15) is 0 Å². The van der Waals surface area contributed by atoms with Crippen LogP contribution < -0.4 is 0 Å². The molecule has 3 atom stereocenters. The predicted molar refractivity (Wildman–Crippen MR) is 48.3 cm³/mol. The van der Waals surface area contributed by atoms with E-state index >= 15 is 0 Å². The van der Waals surface area contributed by atoms with Gasteiger partial charge in [0.25, 0.3) is 0 Å². The van der Waals surface area contributed by atoms with Crippen LogP contribution in [0.4, 0.5) is 0 Å². The molecule has 1 saturated carbocycles. The van der Waals surface area contributed by atoms with E-state index in [1.165, 1.54) is 19.3 Å². The summed E-state index contributed by atoms with van der Waals surface area (Å²) < 4.78 is 0. The van der Waals surface area contributed by atoms with E-state index in [9.17, 15) is 0 Å². The van der Waals surface area contributed by atoms with Gasteiger partial charge in [0.2, 0.25) is 0 Å². The zero-order chi connectivity index (χ0) is 7.84. The summed E-state index contributed by atoms with van der Waals surface area (Å²) in [6, 6.07) is 0. The molecule has 2 aliphatic rings. The van der Waals surface area contributed by atoms with Crippen molar-refractivity contribution in [3.8, 4) is 0 Å². The Morgan fingerprint density at radius 3 is 2.91 bits per heavy atom. The van der Waals surface area contributed by atoms with Crippen LogP contribution in [0.2, 0.25) is 0 Å². The molecule has 0 aliphatic heterocycles. The minimum absolute atomic E-state index is 0.728. The highest BCUT2D eigenvalue weighted by Crippen LogP contribution is 2.47. The number of allylic oxidation sites excluding steroid dienone is 3. The Kier molecular flexibility index (Phi) is 1.63. The fourth-order valence-electron chi connectivity index (χ4n) is 2.57. The van der Waals surface area contributed by atoms with E-state index in [4.69, 9.17) is 0 Å². The molecule has 0 saturated heterocycles. The van der Waals surface area contributed by atoms with Crippen molar-refractivity contribution in [2.24, 2.45) is 17.8 Å². The van der Waals surface area contributed by atoms with Crippen molar-refractivity contribution < 1.29 is 0 Å². The van der Waals surface area contributed by atoms with Gasteiger partial charge in [-0.05, 0) is 37.0 Å². The Balaban J connectivity index is 2.08. The number of rotatable bonds is 2. The van der Waals surface area contributed by atoms with E-state index in [1.54, 1.807) is 5.57 Å². The van der Waals surface area contributed by atoms with Gasteiger partial charge in [-0.15, -0.1) is 6.58 Å². The van der Waals surface area contributed by atoms with Gasteiger partial charge in [0.15, 0.2) is 0 Å². The minimum atomic E-state index is 0.728. The number of hydrogen-bond acceptors (Lipinski definition) is 0. The Labute approximate surface area is 69.0 Å². The van der Waals surface area contributed by atoms with E-state index in [-0.39, 0.29) is 0 Å². The lowest BCUT2D eigenvalue weighted by Crippen LogP contribution is -2.14. The molecule has 2 aliphatic carbocycles. The Morgan fingerprint density at radius 1 is 1.64 bits per heavy atom. The van der Waals surface area contributed by atoms with Crippen LogP contribution in [0.5, 0.6) is 0 Å². The van der Waals surface area contributed by atoms with Gasteiger partial charge in [0.1, 0.15) is 0 Å². The maximum atomic E-state index is 3.87. The molecular formula is C11H16.